The molecule has 1 unspecified atom stereocenters. The highest BCUT2D eigenvalue weighted by Gasteiger charge is 2.21. The molecule has 7 nitrogen and oxygen atoms in total. The minimum atomic E-state index is -1.11. The van der Waals surface area contributed by atoms with Gasteiger partial charge in [0.15, 0.2) is 10.4 Å². The second kappa shape index (κ2) is 7.09. The van der Waals surface area contributed by atoms with Crippen molar-refractivity contribution in [3.05, 3.63) is 22.6 Å². The van der Waals surface area contributed by atoms with E-state index in [2.05, 4.69) is 21.2 Å². The van der Waals surface area contributed by atoms with Crippen molar-refractivity contribution >= 4 is 33.7 Å². The van der Waals surface area contributed by atoms with E-state index in [1.165, 1.54) is 13.1 Å². The molecule has 0 bridgehead atoms. The van der Waals surface area contributed by atoms with Crippen molar-refractivity contribution in [2.45, 2.75) is 19.4 Å². The Morgan fingerprint density at radius 2 is 2.10 bits per heavy atom. The molecule has 1 aromatic heterocycles. The summed E-state index contributed by atoms with van der Waals surface area (Å²) in [5, 5.41) is 11.2. The Hall–Kier alpha value is -1.83. The molecule has 0 aliphatic carbocycles. The third-order valence-corrected chi connectivity index (χ3v) is 2.98. The van der Waals surface area contributed by atoms with Gasteiger partial charge in [-0.2, -0.15) is 0 Å². The number of carbonyl (C=O) groups is 3. The van der Waals surface area contributed by atoms with E-state index in [1.54, 1.807) is 13.0 Å². The van der Waals surface area contributed by atoms with Crippen LogP contribution in [0, 0.1) is 0 Å². The Morgan fingerprint density at radius 3 is 2.55 bits per heavy atom. The van der Waals surface area contributed by atoms with Crippen molar-refractivity contribution in [2.75, 3.05) is 13.6 Å². The first-order chi connectivity index (χ1) is 9.35. The Morgan fingerprint density at radius 1 is 1.45 bits per heavy atom. The number of amides is 2. The van der Waals surface area contributed by atoms with Gasteiger partial charge in [-0.15, -0.1) is 0 Å². The zero-order valence-corrected chi connectivity index (χ0v) is 12.6. The summed E-state index contributed by atoms with van der Waals surface area (Å²) < 4.78 is 5.50. The monoisotopic (exact) mass is 346 g/mol. The predicted octanol–water partition coefficient (Wildman–Crippen LogP) is 1.09. The summed E-state index contributed by atoms with van der Waals surface area (Å²) in [7, 11) is 1.43. The largest absolute Gasteiger partial charge is 0.480 e. The lowest BCUT2D eigenvalue weighted by Crippen LogP contribution is -2.45. The molecule has 0 fully saturated rings. The van der Waals surface area contributed by atoms with Crippen molar-refractivity contribution in [3.63, 3.8) is 0 Å². The van der Waals surface area contributed by atoms with Crippen molar-refractivity contribution in [3.8, 4) is 0 Å². The highest BCUT2D eigenvalue weighted by Crippen LogP contribution is 2.15. The van der Waals surface area contributed by atoms with Crippen LogP contribution in [0.3, 0.4) is 0 Å². The molecule has 0 aromatic carbocycles. The number of carboxylic acid groups (broad SMARTS) is 1. The van der Waals surface area contributed by atoms with E-state index in [4.69, 9.17) is 9.52 Å². The van der Waals surface area contributed by atoms with Crippen LogP contribution >= 0.6 is 15.9 Å². The van der Waals surface area contributed by atoms with Crippen LogP contribution in [0.15, 0.2) is 21.2 Å². The van der Waals surface area contributed by atoms with Gasteiger partial charge in [-0.1, -0.05) is 6.92 Å². The van der Waals surface area contributed by atoms with E-state index in [0.29, 0.717) is 4.67 Å². The first-order valence-corrected chi connectivity index (χ1v) is 6.67. The number of hydrogen-bond acceptors (Lipinski definition) is 4. The summed E-state index contributed by atoms with van der Waals surface area (Å²) in [6.07, 6.45) is 0.268. The number of carbonyl (C=O) groups excluding carboxylic acids is 2. The van der Waals surface area contributed by atoms with Gasteiger partial charge in [-0.25, -0.2) is 4.79 Å². The first kappa shape index (κ1) is 16.2. The zero-order valence-electron chi connectivity index (χ0n) is 11.1. The second-order valence-electron chi connectivity index (χ2n) is 4.13. The van der Waals surface area contributed by atoms with Crippen molar-refractivity contribution in [1.29, 1.82) is 0 Å². The fourth-order valence-electron chi connectivity index (χ4n) is 1.48. The number of rotatable bonds is 6. The van der Waals surface area contributed by atoms with Gasteiger partial charge >= 0.3 is 5.97 Å². The van der Waals surface area contributed by atoms with Crippen LogP contribution in [0.25, 0.3) is 0 Å². The number of furan rings is 1. The number of nitrogens with one attached hydrogen (secondary N) is 1. The van der Waals surface area contributed by atoms with Gasteiger partial charge in [0.05, 0.1) is 6.54 Å². The summed E-state index contributed by atoms with van der Waals surface area (Å²) in [5.41, 5.74) is 0. The molecule has 0 spiro atoms. The molecule has 0 aliphatic heterocycles. The third-order valence-electron chi connectivity index (χ3n) is 2.55. The molecule has 110 valence electrons. The van der Waals surface area contributed by atoms with Gasteiger partial charge in [0.2, 0.25) is 5.91 Å². The Balaban J connectivity index is 2.57. The average Bonchev–Trinajstić information content (AvgIpc) is 2.81. The van der Waals surface area contributed by atoms with Gasteiger partial charge in [0.1, 0.15) is 6.04 Å². The highest BCUT2D eigenvalue weighted by atomic mass is 79.9. The maximum absolute atomic E-state index is 11.9. The van der Waals surface area contributed by atoms with E-state index in [9.17, 15) is 14.4 Å². The number of likely N-dealkylation sites (N-methyl/N-ethyl adjacent to an activating group) is 1. The fraction of sp³-hybridized carbons (Fsp3) is 0.417. The predicted molar refractivity (Wildman–Crippen MR) is 73.2 cm³/mol. The molecule has 8 heteroatoms. The molecular weight excluding hydrogens is 332 g/mol. The van der Waals surface area contributed by atoms with Crippen LogP contribution in [0.4, 0.5) is 0 Å². The molecule has 2 N–H and O–H groups in total. The number of halogens is 1. The molecule has 1 aromatic rings. The van der Waals surface area contributed by atoms with Crippen LogP contribution < -0.4 is 5.32 Å². The molecule has 20 heavy (non-hydrogen) atoms. The second-order valence-corrected chi connectivity index (χ2v) is 4.91. The SMILES string of the molecule is CCC(NC(=O)CN(C)C(=O)c1ccc(Br)o1)C(=O)O. The molecule has 0 saturated carbocycles. The maximum atomic E-state index is 11.9. The maximum Gasteiger partial charge on any atom is 0.326 e. The quantitative estimate of drug-likeness (QED) is 0.803. The average molecular weight is 347 g/mol. The molecule has 0 radical (unpaired) electrons. The van der Waals surface area contributed by atoms with Crippen LogP contribution in [0.2, 0.25) is 0 Å². The number of nitrogens with zero attached hydrogens (tertiary/aromatic N) is 1. The summed E-state index contributed by atoms with van der Waals surface area (Å²) in [4.78, 5) is 35.5. The van der Waals surface area contributed by atoms with Crippen molar-refractivity contribution in [1.82, 2.24) is 10.2 Å². The molecule has 1 rings (SSSR count). The standard InChI is InChI=1S/C12H15BrN2O5/c1-3-7(12(18)19)14-10(16)6-15(2)11(17)8-4-5-9(13)20-8/h4-5,7H,3,6H2,1-2H3,(H,14,16)(H,18,19). The van der Waals surface area contributed by atoms with Crippen molar-refractivity contribution < 1.29 is 23.9 Å². The topological polar surface area (TPSA) is 99.9 Å². The van der Waals surface area contributed by atoms with E-state index >= 15 is 0 Å². The number of aliphatic carboxylic acids is 1. The minimum Gasteiger partial charge on any atom is -0.480 e. The number of carboxylic acids is 1. The van der Waals surface area contributed by atoms with Gasteiger partial charge < -0.3 is 19.7 Å². The summed E-state index contributed by atoms with van der Waals surface area (Å²) >= 11 is 3.08. The Kier molecular flexibility index (Phi) is 5.75. The first-order valence-electron chi connectivity index (χ1n) is 5.88. The minimum absolute atomic E-state index is 0.0949. The summed E-state index contributed by atoms with van der Waals surface area (Å²) in [6, 6.07) is 2.09. The van der Waals surface area contributed by atoms with Crippen LogP contribution in [-0.2, 0) is 9.59 Å². The van der Waals surface area contributed by atoms with Crippen LogP contribution in [0.5, 0.6) is 0 Å². The fourth-order valence-corrected chi connectivity index (χ4v) is 1.79. The normalized spacial score (nSPS) is 11.8. The smallest absolute Gasteiger partial charge is 0.326 e. The lowest BCUT2D eigenvalue weighted by Gasteiger charge is -2.17. The van der Waals surface area contributed by atoms with E-state index in [1.807, 2.05) is 0 Å². The van der Waals surface area contributed by atoms with Gasteiger partial charge in [0.25, 0.3) is 5.91 Å². The molecule has 0 aliphatic rings. The van der Waals surface area contributed by atoms with Crippen LogP contribution in [-0.4, -0.2) is 47.4 Å². The summed E-state index contributed by atoms with van der Waals surface area (Å²) in [6.45, 7) is 1.40. The summed E-state index contributed by atoms with van der Waals surface area (Å²) in [5.74, 6) is -2.02. The van der Waals surface area contributed by atoms with Gasteiger partial charge in [-0.3, -0.25) is 9.59 Å². The molecule has 1 atom stereocenters. The molecule has 0 saturated heterocycles. The van der Waals surface area contributed by atoms with E-state index in [-0.39, 0.29) is 18.7 Å². The number of hydrogen-bond donors (Lipinski definition) is 2. The molecular formula is C12H15BrN2O5. The van der Waals surface area contributed by atoms with Gasteiger partial charge in [0, 0.05) is 7.05 Å². The Labute approximate surface area is 124 Å². The lowest BCUT2D eigenvalue weighted by molar-refractivity contribution is -0.141. The lowest BCUT2D eigenvalue weighted by atomic mass is 10.2. The highest BCUT2D eigenvalue weighted by molar-refractivity contribution is 9.10. The zero-order chi connectivity index (χ0) is 15.3. The van der Waals surface area contributed by atoms with E-state index in [0.717, 1.165) is 4.90 Å². The molecule has 2 amide bonds. The third kappa shape index (κ3) is 4.37. The molecule has 1 heterocycles. The van der Waals surface area contributed by atoms with Crippen LogP contribution in [0.1, 0.15) is 23.9 Å². The van der Waals surface area contributed by atoms with Crippen molar-refractivity contribution in [2.24, 2.45) is 0 Å². The Bertz CT molecular complexity index is 514. The van der Waals surface area contributed by atoms with E-state index < -0.39 is 23.8 Å². The van der Waals surface area contributed by atoms with Gasteiger partial charge in [-0.05, 0) is 34.5 Å².